The van der Waals surface area contributed by atoms with Crippen LogP contribution in [-0.4, -0.2) is 44.1 Å². The van der Waals surface area contributed by atoms with Gasteiger partial charge in [0, 0.05) is 25.9 Å². The molecular formula is C15H23NO4. The van der Waals surface area contributed by atoms with Crippen LogP contribution in [-0.2, 0) is 19.1 Å². The van der Waals surface area contributed by atoms with Gasteiger partial charge in [-0.1, -0.05) is 0 Å². The molecule has 0 aliphatic heterocycles. The van der Waals surface area contributed by atoms with Gasteiger partial charge in [0.2, 0.25) is 0 Å². The third-order valence-electron chi connectivity index (χ3n) is 2.95. The number of nitrogens with zero attached hydrogens (tertiary/aromatic N) is 1. The van der Waals surface area contributed by atoms with Crippen LogP contribution in [0.4, 0.5) is 0 Å². The number of ether oxygens (including phenoxy) is 2. The van der Waals surface area contributed by atoms with Crippen molar-refractivity contribution in [1.82, 2.24) is 4.90 Å². The van der Waals surface area contributed by atoms with Gasteiger partial charge in [0.15, 0.2) is 0 Å². The molecule has 1 rings (SSSR count). The van der Waals surface area contributed by atoms with Crippen molar-refractivity contribution >= 4 is 11.9 Å². The van der Waals surface area contributed by atoms with Gasteiger partial charge in [0.05, 0.1) is 18.8 Å². The molecule has 5 heteroatoms. The summed E-state index contributed by atoms with van der Waals surface area (Å²) >= 11 is 0. The average molecular weight is 281 g/mol. The maximum atomic E-state index is 12.1. The van der Waals surface area contributed by atoms with E-state index in [1.165, 1.54) is 0 Å². The number of carbonyl (C=O) groups excluding carboxylic acids is 2. The largest absolute Gasteiger partial charge is 0.463 e. The van der Waals surface area contributed by atoms with Crippen molar-refractivity contribution in [2.24, 2.45) is 0 Å². The summed E-state index contributed by atoms with van der Waals surface area (Å²) in [6.45, 7) is 4.18. The zero-order valence-electron chi connectivity index (χ0n) is 12.7. The van der Waals surface area contributed by atoms with E-state index in [1.807, 2.05) is 14.1 Å². The topological polar surface area (TPSA) is 55.8 Å². The molecule has 1 aliphatic carbocycles. The molecule has 1 aliphatic rings. The Balaban J connectivity index is 3.14. The lowest BCUT2D eigenvalue weighted by molar-refractivity contribution is -0.138. The fourth-order valence-corrected chi connectivity index (χ4v) is 2.21. The van der Waals surface area contributed by atoms with E-state index in [2.05, 4.69) is 0 Å². The number of esters is 2. The molecule has 0 aromatic heterocycles. The molecule has 0 heterocycles. The first-order chi connectivity index (χ1) is 9.51. The highest BCUT2D eigenvalue weighted by molar-refractivity contribution is 5.99. The first-order valence-electron chi connectivity index (χ1n) is 6.96. The molecule has 20 heavy (non-hydrogen) atoms. The molecule has 0 saturated heterocycles. The van der Waals surface area contributed by atoms with Crippen molar-refractivity contribution < 1.29 is 19.1 Å². The van der Waals surface area contributed by atoms with Crippen LogP contribution in [0, 0.1) is 0 Å². The zero-order chi connectivity index (χ0) is 15.1. The molecule has 0 amide bonds. The molecule has 0 spiro atoms. The van der Waals surface area contributed by atoms with Gasteiger partial charge in [-0.2, -0.15) is 0 Å². The van der Waals surface area contributed by atoms with E-state index >= 15 is 0 Å². The van der Waals surface area contributed by atoms with Crippen LogP contribution < -0.4 is 0 Å². The summed E-state index contributed by atoms with van der Waals surface area (Å²) < 4.78 is 10.1. The Hall–Kier alpha value is -1.78. The van der Waals surface area contributed by atoms with E-state index < -0.39 is 0 Å². The minimum atomic E-state index is -0.389. The van der Waals surface area contributed by atoms with E-state index in [9.17, 15) is 9.59 Å². The second-order valence-electron chi connectivity index (χ2n) is 4.76. The van der Waals surface area contributed by atoms with Crippen molar-refractivity contribution in [3.8, 4) is 0 Å². The van der Waals surface area contributed by atoms with Gasteiger partial charge in [-0.15, -0.1) is 0 Å². The highest BCUT2D eigenvalue weighted by atomic mass is 16.5. The Morgan fingerprint density at radius 2 is 1.70 bits per heavy atom. The maximum Gasteiger partial charge on any atom is 0.339 e. The van der Waals surface area contributed by atoms with Crippen molar-refractivity contribution in [2.45, 2.75) is 33.1 Å². The van der Waals surface area contributed by atoms with Crippen molar-refractivity contribution in [2.75, 3.05) is 27.3 Å². The van der Waals surface area contributed by atoms with Crippen LogP contribution >= 0.6 is 0 Å². The van der Waals surface area contributed by atoms with Gasteiger partial charge >= 0.3 is 11.9 Å². The van der Waals surface area contributed by atoms with Gasteiger partial charge in [-0.25, -0.2) is 9.59 Å². The van der Waals surface area contributed by atoms with Crippen molar-refractivity contribution in [3.63, 3.8) is 0 Å². The van der Waals surface area contributed by atoms with E-state index in [-0.39, 0.29) is 11.9 Å². The second kappa shape index (κ2) is 7.72. The molecule has 112 valence electrons. The monoisotopic (exact) mass is 281 g/mol. The summed E-state index contributed by atoms with van der Waals surface area (Å²) in [5, 5.41) is 0. The van der Waals surface area contributed by atoms with E-state index in [0.29, 0.717) is 37.2 Å². The summed E-state index contributed by atoms with van der Waals surface area (Å²) in [7, 11) is 3.66. The summed E-state index contributed by atoms with van der Waals surface area (Å²) in [6, 6.07) is 0. The molecule has 0 aromatic carbocycles. The highest BCUT2D eigenvalue weighted by Crippen LogP contribution is 2.32. The van der Waals surface area contributed by atoms with E-state index in [1.54, 1.807) is 24.9 Å². The molecule has 5 nitrogen and oxygen atoms in total. The first-order valence-corrected chi connectivity index (χ1v) is 6.96. The van der Waals surface area contributed by atoms with Gasteiger partial charge in [0.25, 0.3) is 0 Å². The van der Waals surface area contributed by atoms with E-state index in [4.69, 9.17) is 9.47 Å². The van der Waals surface area contributed by atoms with Crippen molar-refractivity contribution in [3.05, 3.63) is 22.9 Å². The summed E-state index contributed by atoms with van der Waals surface area (Å²) in [4.78, 5) is 25.8. The summed E-state index contributed by atoms with van der Waals surface area (Å²) in [5.41, 5.74) is 1.82. The van der Waals surface area contributed by atoms with E-state index in [0.717, 1.165) is 12.0 Å². The van der Waals surface area contributed by atoms with Gasteiger partial charge in [0.1, 0.15) is 0 Å². The third-order valence-corrected chi connectivity index (χ3v) is 2.95. The van der Waals surface area contributed by atoms with Gasteiger partial charge < -0.3 is 14.4 Å². The highest BCUT2D eigenvalue weighted by Gasteiger charge is 2.28. The van der Waals surface area contributed by atoms with Crippen LogP contribution in [0.15, 0.2) is 22.9 Å². The molecule has 0 unspecified atom stereocenters. The predicted octanol–water partition coefficient (Wildman–Crippen LogP) is 2.04. The maximum absolute atomic E-state index is 12.1. The van der Waals surface area contributed by atoms with Crippen LogP contribution in [0.25, 0.3) is 0 Å². The third kappa shape index (κ3) is 4.11. The number of rotatable bonds is 6. The Bertz CT molecular complexity index is 435. The molecule has 0 N–H and O–H groups in total. The molecule has 0 saturated carbocycles. The summed E-state index contributed by atoms with van der Waals surface area (Å²) in [5.74, 6) is -0.714. The normalized spacial score (nSPS) is 15.3. The molecule has 0 radical (unpaired) electrons. The van der Waals surface area contributed by atoms with Gasteiger partial charge in [-0.05, 0) is 38.7 Å². The lowest BCUT2D eigenvalue weighted by atomic mass is 10.0. The van der Waals surface area contributed by atoms with Crippen LogP contribution in [0.1, 0.15) is 33.1 Å². The number of hydrogen-bond donors (Lipinski definition) is 0. The molecule has 0 aromatic rings. The standard InChI is InChI=1S/C15H23NO4/c1-5-19-14(17)12-9-7-8-11(12)13(10-16(3)4)15(18)20-6-2/h10H,5-9H2,1-4H3/b13-10-. The second-order valence-corrected chi connectivity index (χ2v) is 4.76. The quantitative estimate of drug-likeness (QED) is 0.551. The SMILES string of the molecule is CCOC(=O)C1=C(/C(=C/N(C)C)C(=O)OCC)CCC1. The van der Waals surface area contributed by atoms with Crippen LogP contribution in [0.2, 0.25) is 0 Å². The Morgan fingerprint density at radius 3 is 2.25 bits per heavy atom. The van der Waals surface area contributed by atoms with Crippen LogP contribution in [0.3, 0.4) is 0 Å². The smallest absolute Gasteiger partial charge is 0.339 e. The fourth-order valence-electron chi connectivity index (χ4n) is 2.21. The first kappa shape index (κ1) is 16.3. The molecule has 0 fully saturated rings. The lowest BCUT2D eigenvalue weighted by Gasteiger charge is -2.14. The van der Waals surface area contributed by atoms with Crippen LogP contribution in [0.5, 0.6) is 0 Å². The fraction of sp³-hybridized carbons (Fsp3) is 0.600. The molecular weight excluding hydrogens is 258 g/mol. The Kier molecular flexibility index (Phi) is 6.28. The summed E-state index contributed by atoms with van der Waals surface area (Å²) in [6.07, 6.45) is 3.91. The Labute approximate surface area is 120 Å². The van der Waals surface area contributed by atoms with Crippen molar-refractivity contribution in [1.29, 1.82) is 0 Å². The Morgan fingerprint density at radius 1 is 1.10 bits per heavy atom. The molecule has 0 bridgehead atoms. The minimum Gasteiger partial charge on any atom is -0.463 e. The number of hydrogen-bond acceptors (Lipinski definition) is 5. The molecule has 0 atom stereocenters. The minimum absolute atomic E-state index is 0.311. The predicted molar refractivity (Wildman–Crippen MR) is 75.9 cm³/mol. The zero-order valence-corrected chi connectivity index (χ0v) is 12.7. The average Bonchev–Trinajstić information content (AvgIpc) is 2.85. The lowest BCUT2D eigenvalue weighted by Crippen LogP contribution is -2.16. The van der Waals surface area contributed by atoms with Gasteiger partial charge in [-0.3, -0.25) is 0 Å². The number of carbonyl (C=O) groups is 2.